The highest BCUT2D eigenvalue weighted by Gasteiger charge is 2.03. The molecular weight excluding hydrogens is 332 g/mol. The van der Waals surface area contributed by atoms with Crippen molar-refractivity contribution in [3.63, 3.8) is 0 Å². The van der Waals surface area contributed by atoms with E-state index >= 15 is 0 Å². The van der Waals surface area contributed by atoms with Gasteiger partial charge in [-0.15, -0.1) is 11.3 Å². The molecule has 0 amide bonds. The molecule has 3 aromatic rings. The first kappa shape index (κ1) is 16.8. The molecule has 5 heteroatoms. The lowest BCUT2D eigenvalue weighted by Gasteiger charge is -2.03. The van der Waals surface area contributed by atoms with Crippen molar-refractivity contribution in [2.45, 2.75) is 6.42 Å². The molecule has 25 heavy (non-hydrogen) atoms. The van der Waals surface area contributed by atoms with Crippen molar-refractivity contribution >= 4 is 38.8 Å². The van der Waals surface area contributed by atoms with E-state index in [-0.39, 0.29) is 5.57 Å². The zero-order valence-electron chi connectivity index (χ0n) is 13.5. The number of benzene rings is 2. The van der Waals surface area contributed by atoms with E-state index in [1.54, 1.807) is 17.4 Å². The maximum absolute atomic E-state index is 11.4. The molecule has 0 aliphatic carbocycles. The van der Waals surface area contributed by atoms with Crippen LogP contribution >= 0.6 is 11.3 Å². The van der Waals surface area contributed by atoms with Crippen molar-refractivity contribution in [2.75, 3.05) is 11.1 Å². The second-order valence-electron chi connectivity index (χ2n) is 5.57. The molecule has 0 unspecified atom stereocenters. The maximum atomic E-state index is 11.4. The molecule has 0 atom stereocenters. The van der Waals surface area contributed by atoms with E-state index in [2.05, 4.69) is 5.32 Å². The van der Waals surface area contributed by atoms with Crippen LogP contribution in [0.3, 0.4) is 0 Å². The average molecular weight is 350 g/mol. The fraction of sp³-hybridized carbons (Fsp3) is 0.0500. The highest BCUT2D eigenvalue weighted by Crippen LogP contribution is 2.24. The van der Waals surface area contributed by atoms with E-state index < -0.39 is 5.97 Å². The predicted molar refractivity (Wildman–Crippen MR) is 105 cm³/mol. The largest absolute Gasteiger partial charge is 0.478 e. The molecule has 0 saturated carbocycles. The van der Waals surface area contributed by atoms with Crippen molar-refractivity contribution in [3.05, 3.63) is 83.4 Å². The van der Waals surface area contributed by atoms with Gasteiger partial charge in [-0.25, -0.2) is 4.79 Å². The Hall–Kier alpha value is -3.05. The van der Waals surface area contributed by atoms with Crippen LogP contribution in [0.15, 0.2) is 77.8 Å². The Kier molecular flexibility index (Phi) is 5.16. The molecule has 0 fully saturated rings. The average Bonchev–Trinajstić information content (AvgIpc) is 3.07. The Morgan fingerprint density at radius 3 is 2.72 bits per heavy atom. The number of allylic oxidation sites excluding steroid dienone is 1. The third kappa shape index (κ3) is 4.49. The Labute approximate surface area is 149 Å². The summed E-state index contributed by atoms with van der Waals surface area (Å²) in [5, 5.41) is 15.6. The maximum Gasteiger partial charge on any atom is 0.337 e. The van der Waals surface area contributed by atoms with Gasteiger partial charge in [-0.05, 0) is 65.2 Å². The predicted octanol–water partition coefficient (Wildman–Crippen LogP) is 4.66. The summed E-state index contributed by atoms with van der Waals surface area (Å²) in [6, 6.07) is 15.5. The SMILES string of the molecule is Nc1ccc(C/C=C\C(=C\Nc2ccc3sccc3c2)C(=O)O)cc1. The number of aliphatic carboxylic acids is 1. The van der Waals surface area contributed by atoms with Crippen molar-refractivity contribution in [3.8, 4) is 0 Å². The Morgan fingerprint density at radius 1 is 1.16 bits per heavy atom. The number of carboxylic acids is 1. The van der Waals surface area contributed by atoms with Gasteiger partial charge < -0.3 is 16.2 Å². The van der Waals surface area contributed by atoms with Gasteiger partial charge in [-0.3, -0.25) is 0 Å². The highest BCUT2D eigenvalue weighted by molar-refractivity contribution is 7.17. The number of nitrogens with two attached hydrogens (primary N) is 1. The summed E-state index contributed by atoms with van der Waals surface area (Å²) in [6.07, 6.45) is 5.59. The minimum Gasteiger partial charge on any atom is -0.478 e. The normalized spacial score (nSPS) is 11.9. The van der Waals surface area contributed by atoms with E-state index in [1.807, 2.05) is 60.0 Å². The number of anilines is 2. The standard InChI is InChI=1S/C20H18N2O2S/c21-17-6-4-14(5-7-17)2-1-3-16(20(23)24)13-22-18-8-9-19-15(12-18)10-11-25-19/h1,3-13,22H,2,21H2,(H,23,24)/b3-1-,16-13-. The van der Waals surface area contributed by atoms with Crippen LogP contribution in [0, 0.1) is 0 Å². The lowest BCUT2D eigenvalue weighted by Crippen LogP contribution is -2.01. The lowest BCUT2D eigenvalue weighted by atomic mass is 10.1. The number of rotatable bonds is 6. The molecule has 4 nitrogen and oxygen atoms in total. The van der Waals surface area contributed by atoms with Gasteiger partial charge in [0, 0.05) is 22.3 Å². The Morgan fingerprint density at radius 2 is 1.96 bits per heavy atom. The van der Waals surface area contributed by atoms with Crippen molar-refractivity contribution in [2.24, 2.45) is 0 Å². The van der Waals surface area contributed by atoms with Crippen LogP contribution in [0.1, 0.15) is 5.56 Å². The monoisotopic (exact) mass is 350 g/mol. The Bertz CT molecular complexity index is 940. The van der Waals surface area contributed by atoms with Crippen LogP contribution in [-0.2, 0) is 11.2 Å². The number of hydrogen-bond donors (Lipinski definition) is 3. The first-order valence-corrected chi connectivity index (χ1v) is 8.68. The molecule has 1 heterocycles. The highest BCUT2D eigenvalue weighted by atomic mass is 32.1. The molecule has 0 saturated heterocycles. The van der Waals surface area contributed by atoms with E-state index in [9.17, 15) is 9.90 Å². The van der Waals surface area contributed by atoms with Gasteiger partial charge in [0.05, 0.1) is 5.57 Å². The summed E-state index contributed by atoms with van der Waals surface area (Å²) in [6.45, 7) is 0. The van der Waals surface area contributed by atoms with E-state index in [4.69, 9.17) is 5.73 Å². The van der Waals surface area contributed by atoms with Gasteiger partial charge in [0.1, 0.15) is 0 Å². The molecule has 126 valence electrons. The third-order valence-electron chi connectivity index (χ3n) is 3.72. The van der Waals surface area contributed by atoms with Crippen LogP contribution in [0.25, 0.3) is 10.1 Å². The van der Waals surface area contributed by atoms with Crippen LogP contribution in [0.2, 0.25) is 0 Å². The molecule has 0 aliphatic rings. The summed E-state index contributed by atoms with van der Waals surface area (Å²) in [7, 11) is 0. The number of carboxylic acid groups (broad SMARTS) is 1. The molecule has 3 rings (SSSR count). The van der Waals surface area contributed by atoms with E-state index in [1.165, 1.54) is 10.9 Å². The smallest absolute Gasteiger partial charge is 0.337 e. The first-order chi connectivity index (χ1) is 12.1. The molecule has 1 aromatic heterocycles. The van der Waals surface area contributed by atoms with Gasteiger partial charge in [0.15, 0.2) is 0 Å². The molecule has 0 aliphatic heterocycles. The minimum atomic E-state index is -0.974. The van der Waals surface area contributed by atoms with Gasteiger partial charge in [-0.2, -0.15) is 0 Å². The minimum absolute atomic E-state index is 0.195. The van der Waals surface area contributed by atoms with Crippen molar-refractivity contribution < 1.29 is 9.90 Å². The molecule has 0 spiro atoms. The number of thiophene rings is 1. The summed E-state index contributed by atoms with van der Waals surface area (Å²) in [4.78, 5) is 11.4. The fourth-order valence-corrected chi connectivity index (χ4v) is 3.15. The topological polar surface area (TPSA) is 75.3 Å². The zero-order chi connectivity index (χ0) is 17.6. The number of nitrogens with one attached hydrogen (secondary N) is 1. The van der Waals surface area contributed by atoms with Gasteiger partial charge in [0.2, 0.25) is 0 Å². The summed E-state index contributed by atoms with van der Waals surface area (Å²) < 4.78 is 1.20. The summed E-state index contributed by atoms with van der Waals surface area (Å²) >= 11 is 1.68. The van der Waals surface area contributed by atoms with Crippen LogP contribution in [0.5, 0.6) is 0 Å². The molecule has 4 N–H and O–H groups in total. The van der Waals surface area contributed by atoms with E-state index in [0.717, 1.165) is 16.6 Å². The molecule has 2 aromatic carbocycles. The Balaban J connectivity index is 1.69. The molecule has 0 bridgehead atoms. The fourth-order valence-electron chi connectivity index (χ4n) is 2.37. The number of hydrogen-bond acceptors (Lipinski definition) is 4. The summed E-state index contributed by atoms with van der Waals surface area (Å²) in [5.41, 5.74) is 8.50. The van der Waals surface area contributed by atoms with E-state index in [0.29, 0.717) is 12.1 Å². The van der Waals surface area contributed by atoms with Gasteiger partial charge in [-0.1, -0.05) is 18.2 Å². The first-order valence-electron chi connectivity index (χ1n) is 7.80. The number of fused-ring (bicyclic) bond motifs is 1. The van der Waals surface area contributed by atoms with Crippen LogP contribution in [-0.4, -0.2) is 11.1 Å². The number of nitrogen functional groups attached to an aromatic ring is 1. The van der Waals surface area contributed by atoms with Crippen LogP contribution < -0.4 is 11.1 Å². The lowest BCUT2D eigenvalue weighted by molar-refractivity contribution is -0.132. The zero-order valence-corrected chi connectivity index (χ0v) is 14.3. The second-order valence-corrected chi connectivity index (χ2v) is 6.52. The van der Waals surface area contributed by atoms with Crippen LogP contribution in [0.4, 0.5) is 11.4 Å². The van der Waals surface area contributed by atoms with Crippen molar-refractivity contribution in [1.82, 2.24) is 0 Å². The van der Waals surface area contributed by atoms with Gasteiger partial charge in [0.25, 0.3) is 0 Å². The molecular formula is C20H18N2O2S. The third-order valence-corrected chi connectivity index (χ3v) is 4.62. The number of carbonyl (C=O) groups is 1. The quantitative estimate of drug-likeness (QED) is 0.343. The second kappa shape index (κ2) is 7.68. The van der Waals surface area contributed by atoms with Gasteiger partial charge >= 0.3 is 5.97 Å². The van der Waals surface area contributed by atoms with Crippen molar-refractivity contribution in [1.29, 1.82) is 0 Å². The summed E-state index contributed by atoms with van der Waals surface area (Å²) in [5.74, 6) is -0.974. The molecule has 0 radical (unpaired) electrons.